The summed E-state index contributed by atoms with van der Waals surface area (Å²) in [6.07, 6.45) is 0. The van der Waals surface area contributed by atoms with Crippen molar-refractivity contribution in [1.82, 2.24) is 19.9 Å². The van der Waals surface area contributed by atoms with Crippen molar-refractivity contribution < 1.29 is 0 Å². The average Bonchev–Trinajstić information content (AvgIpc) is 3.49. The largest absolute Gasteiger partial charge is 0.258 e. The maximum atomic E-state index is 5.14. The van der Waals surface area contributed by atoms with Crippen molar-refractivity contribution in [3.8, 4) is 56.2 Å². The molecule has 53 heavy (non-hydrogen) atoms. The molecule has 0 bridgehead atoms. The van der Waals surface area contributed by atoms with E-state index in [1.807, 2.05) is 43.8 Å². The molecule has 2 aliphatic rings. The third kappa shape index (κ3) is 4.92. The molecular formula is C48H34N4S. The highest BCUT2D eigenvalue weighted by Crippen LogP contribution is 2.63. The van der Waals surface area contributed by atoms with E-state index >= 15 is 0 Å². The molecule has 0 saturated heterocycles. The predicted octanol–water partition coefficient (Wildman–Crippen LogP) is 11.7. The molecule has 1 aliphatic heterocycles. The van der Waals surface area contributed by atoms with Gasteiger partial charge in [0.2, 0.25) is 0 Å². The minimum Gasteiger partial charge on any atom is -0.258 e. The predicted molar refractivity (Wildman–Crippen MR) is 215 cm³/mol. The lowest BCUT2D eigenvalue weighted by Gasteiger charge is -2.40. The summed E-state index contributed by atoms with van der Waals surface area (Å²) in [6.45, 7) is 6.08. The summed E-state index contributed by atoms with van der Waals surface area (Å²) in [6, 6.07) is 54.9. The summed E-state index contributed by atoms with van der Waals surface area (Å²) < 4.78 is 0. The van der Waals surface area contributed by atoms with Gasteiger partial charge in [0.25, 0.3) is 0 Å². The summed E-state index contributed by atoms with van der Waals surface area (Å²) >= 11 is 1.86. The number of aromatic nitrogens is 4. The highest BCUT2D eigenvalue weighted by atomic mass is 32.2. The molecule has 1 aliphatic carbocycles. The first kappa shape index (κ1) is 31.6. The summed E-state index contributed by atoms with van der Waals surface area (Å²) in [5.74, 6) is 2.02. The quantitative estimate of drug-likeness (QED) is 0.183. The zero-order chi connectivity index (χ0) is 35.7. The van der Waals surface area contributed by atoms with E-state index in [2.05, 4.69) is 140 Å². The van der Waals surface area contributed by atoms with Gasteiger partial charge < -0.3 is 0 Å². The van der Waals surface area contributed by atoms with Gasteiger partial charge in [0.05, 0.1) is 5.41 Å². The van der Waals surface area contributed by atoms with E-state index in [4.69, 9.17) is 19.9 Å². The summed E-state index contributed by atoms with van der Waals surface area (Å²) in [7, 11) is 0. The Labute approximate surface area is 313 Å². The highest BCUT2D eigenvalue weighted by molar-refractivity contribution is 7.99. The average molecular weight is 699 g/mol. The molecule has 3 heterocycles. The number of hydrogen-bond acceptors (Lipinski definition) is 5. The van der Waals surface area contributed by atoms with Gasteiger partial charge in [-0.3, -0.25) is 4.98 Å². The van der Waals surface area contributed by atoms with Crippen LogP contribution < -0.4 is 0 Å². The maximum absolute atomic E-state index is 5.14. The van der Waals surface area contributed by atoms with Gasteiger partial charge in [-0.25, -0.2) is 15.0 Å². The van der Waals surface area contributed by atoms with Crippen LogP contribution in [0, 0.1) is 20.8 Å². The molecule has 0 radical (unpaired) electrons. The Bertz CT molecular complexity index is 2690. The van der Waals surface area contributed by atoms with Crippen molar-refractivity contribution in [2.75, 3.05) is 0 Å². The van der Waals surface area contributed by atoms with E-state index < -0.39 is 5.41 Å². The minimum absolute atomic E-state index is 0.538. The van der Waals surface area contributed by atoms with Crippen LogP contribution in [0.1, 0.15) is 39.5 Å². The van der Waals surface area contributed by atoms with Crippen LogP contribution in [0.15, 0.2) is 161 Å². The molecule has 0 amide bonds. The van der Waals surface area contributed by atoms with Gasteiger partial charge in [-0.1, -0.05) is 139 Å². The molecule has 6 aromatic carbocycles. The van der Waals surface area contributed by atoms with Gasteiger partial charge in [0, 0.05) is 37.9 Å². The zero-order valence-electron chi connectivity index (χ0n) is 29.6. The molecule has 4 nitrogen and oxygen atoms in total. The normalized spacial score (nSPS) is 13.3. The molecule has 252 valence electrons. The number of nitrogens with zero attached hydrogens (tertiary/aromatic N) is 4. The van der Waals surface area contributed by atoms with Crippen LogP contribution in [0.3, 0.4) is 0 Å². The molecule has 0 saturated carbocycles. The van der Waals surface area contributed by atoms with Crippen molar-refractivity contribution in [2.24, 2.45) is 0 Å². The molecule has 0 atom stereocenters. The number of hydrogen-bond donors (Lipinski definition) is 0. The lowest BCUT2D eigenvalue weighted by molar-refractivity contribution is 0.723. The smallest absolute Gasteiger partial charge is 0.163 e. The first-order valence-electron chi connectivity index (χ1n) is 18.0. The standard InChI is InChI=1S/C48H34N4S/c1-29-21-26-36(30(2)49-29)32-22-24-33(25-23-32)39-27-35(47-51-31(3)50-46(52-47)34-13-5-4-6-14-34)28-43-45(39)53-44-20-12-11-19-42(44)48(43)40-17-9-7-15-37(40)38-16-8-10-18-41(38)48/h4-28H,1-3H3. The van der Waals surface area contributed by atoms with Gasteiger partial charge in [0.15, 0.2) is 11.6 Å². The fourth-order valence-corrected chi connectivity index (χ4v) is 9.75. The van der Waals surface area contributed by atoms with Crippen LogP contribution in [0.2, 0.25) is 0 Å². The lowest BCUT2D eigenvalue weighted by atomic mass is 9.66. The van der Waals surface area contributed by atoms with Crippen molar-refractivity contribution in [3.63, 3.8) is 0 Å². The second kappa shape index (κ2) is 12.2. The molecular weight excluding hydrogens is 665 g/mol. The van der Waals surface area contributed by atoms with Crippen LogP contribution >= 0.6 is 11.8 Å². The third-order valence-electron chi connectivity index (χ3n) is 10.7. The van der Waals surface area contributed by atoms with E-state index in [1.54, 1.807) is 0 Å². The van der Waals surface area contributed by atoms with Crippen molar-refractivity contribution in [1.29, 1.82) is 0 Å². The molecule has 0 N–H and O–H groups in total. The summed E-state index contributed by atoms with van der Waals surface area (Å²) in [5.41, 5.74) is 15.7. The van der Waals surface area contributed by atoms with E-state index in [1.165, 1.54) is 43.2 Å². The molecule has 0 unspecified atom stereocenters. The van der Waals surface area contributed by atoms with E-state index in [-0.39, 0.29) is 0 Å². The lowest BCUT2D eigenvalue weighted by Crippen LogP contribution is -2.32. The second-order valence-corrected chi connectivity index (χ2v) is 15.0. The van der Waals surface area contributed by atoms with Gasteiger partial charge in [0.1, 0.15) is 5.82 Å². The van der Waals surface area contributed by atoms with Crippen LogP contribution in [-0.4, -0.2) is 19.9 Å². The Morgan fingerprint density at radius 2 is 1.00 bits per heavy atom. The van der Waals surface area contributed by atoms with Crippen molar-refractivity contribution in [3.05, 3.63) is 191 Å². The Morgan fingerprint density at radius 1 is 0.415 bits per heavy atom. The SMILES string of the molecule is Cc1ccc(-c2ccc(-c3cc(-c4nc(C)nc(-c5ccccc5)n4)cc4c3Sc3ccccc3C43c4ccccc4-c4ccccc43)cc2)c(C)n1. The zero-order valence-corrected chi connectivity index (χ0v) is 30.4. The Kier molecular flexibility index (Phi) is 7.27. The number of rotatable bonds is 4. The molecule has 5 heteroatoms. The first-order valence-corrected chi connectivity index (χ1v) is 18.8. The second-order valence-electron chi connectivity index (χ2n) is 13.9. The first-order chi connectivity index (χ1) is 26.0. The molecule has 10 rings (SSSR count). The fourth-order valence-electron chi connectivity index (χ4n) is 8.45. The van der Waals surface area contributed by atoms with Crippen molar-refractivity contribution >= 4 is 11.8 Å². The van der Waals surface area contributed by atoms with Crippen LogP contribution in [0.4, 0.5) is 0 Å². The number of benzene rings is 6. The molecule has 8 aromatic rings. The third-order valence-corrected chi connectivity index (χ3v) is 11.9. The minimum atomic E-state index is -0.538. The summed E-state index contributed by atoms with van der Waals surface area (Å²) in [4.78, 5) is 22.2. The van der Waals surface area contributed by atoms with Crippen LogP contribution in [0.25, 0.3) is 56.2 Å². The van der Waals surface area contributed by atoms with Gasteiger partial charge in [-0.05, 0) is 95.1 Å². The number of aryl methyl sites for hydroxylation is 3. The van der Waals surface area contributed by atoms with E-state index in [0.29, 0.717) is 17.5 Å². The summed E-state index contributed by atoms with van der Waals surface area (Å²) in [5, 5.41) is 0. The van der Waals surface area contributed by atoms with Gasteiger partial charge in [-0.15, -0.1) is 0 Å². The van der Waals surface area contributed by atoms with E-state index in [0.717, 1.165) is 44.8 Å². The maximum Gasteiger partial charge on any atom is 0.163 e. The monoisotopic (exact) mass is 698 g/mol. The topological polar surface area (TPSA) is 51.6 Å². The Balaban J connectivity index is 1.28. The molecule has 1 spiro atoms. The Morgan fingerprint density at radius 3 is 1.68 bits per heavy atom. The molecule has 2 aromatic heterocycles. The number of fused-ring (bicyclic) bond motifs is 9. The fraction of sp³-hybridized carbons (Fsp3) is 0.0833. The Hall–Kier alpha value is -6.17. The van der Waals surface area contributed by atoms with E-state index in [9.17, 15) is 0 Å². The van der Waals surface area contributed by atoms with Crippen molar-refractivity contribution in [2.45, 2.75) is 36.0 Å². The highest BCUT2D eigenvalue weighted by Gasteiger charge is 2.50. The van der Waals surface area contributed by atoms with Crippen LogP contribution in [0.5, 0.6) is 0 Å². The number of pyridine rings is 1. The molecule has 0 fully saturated rings. The van der Waals surface area contributed by atoms with Gasteiger partial charge in [-0.2, -0.15) is 0 Å². The van der Waals surface area contributed by atoms with Crippen LogP contribution in [-0.2, 0) is 5.41 Å². The van der Waals surface area contributed by atoms with Gasteiger partial charge >= 0.3 is 0 Å².